The van der Waals surface area contributed by atoms with Crippen LogP contribution in [0.2, 0.25) is 10.0 Å². The molecule has 2 aromatic carbocycles. The molecule has 2 fully saturated rings. The third kappa shape index (κ3) is 5.89. The lowest BCUT2D eigenvalue weighted by Gasteiger charge is -2.32. The highest BCUT2D eigenvalue weighted by atomic mass is 35.5. The molecule has 2 aliphatic rings. The second-order valence-electron chi connectivity index (χ2n) is 8.75. The maximum atomic E-state index is 12.9. The van der Waals surface area contributed by atoms with Gasteiger partial charge in [0.2, 0.25) is 15.9 Å². The number of carbonyl (C=O) groups is 1. The number of amides is 1. The molecular weight excluding hydrogens is 481 g/mol. The number of anilines is 1. The zero-order chi connectivity index (χ0) is 23.4. The van der Waals surface area contributed by atoms with E-state index in [1.807, 2.05) is 18.2 Å². The second-order valence-corrected chi connectivity index (χ2v) is 11.5. The number of sulfonamides is 1. The van der Waals surface area contributed by atoms with Crippen LogP contribution in [0.1, 0.15) is 37.7 Å². The highest BCUT2D eigenvalue weighted by molar-refractivity contribution is 7.89. The van der Waals surface area contributed by atoms with Gasteiger partial charge in [0.1, 0.15) is 0 Å². The van der Waals surface area contributed by atoms with Gasteiger partial charge in [-0.2, -0.15) is 4.31 Å². The molecule has 1 amide bonds. The van der Waals surface area contributed by atoms with E-state index < -0.39 is 10.0 Å². The Morgan fingerprint density at radius 1 is 0.939 bits per heavy atom. The van der Waals surface area contributed by atoms with Gasteiger partial charge in [-0.15, -0.1) is 0 Å². The summed E-state index contributed by atoms with van der Waals surface area (Å²) in [5, 5.41) is 4.22. The molecule has 4 rings (SSSR count). The van der Waals surface area contributed by atoms with Gasteiger partial charge in [-0.05, 0) is 68.6 Å². The molecule has 2 saturated heterocycles. The fraction of sp³-hybridized carbons (Fsp3) is 0.458. The third-order valence-electron chi connectivity index (χ3n) is 6.39. The number of carbonyl (C=O) groups excluding carboxylic acids is 1. The summed E-state index contributed by atoms with van der Waals surface area (Å²) in [7, 11) is -3.48. The molecule has 9 heteroatoms. The lowest BCUT2D eigenvalue weighted by molar-refractivity contribution is -0.121. The first-order valence-corrected chi connectivity index (χ1v) is 13.6. The van der Waals surface area contributed by atoms with Gasteiger partial charge in [0.15, 0.2) is 0 Å². The van der Waals surface area contributed by atoms with Gasteiger partial charge in [0.05, 0.1) is 10.8 Å². The van der Waals surface area contributed by atoms with Crippen LogP contribution in [0.25, 0.3) is 0 Å². The van der Waals surface area contributed by atoms with Crippen LogP contribution in [0.3, 0.4) is 0 Å². The van der Waals surface area contributed by atoms with Gasteiger partial charge in [-0.3, -0.25) is 9.69 Å². The Balaban J connectivity index is 1.36. The lowest BCUT2D eigenvalue weighted by atomic mass is 9.96. The molecule has 0 bridgehead atoms. The predicted octanol–water partition coefficient (Wildman–Crippen LogP) is 5.02. The van der Waals surface area contributed by atoms with Gasteiger partial charge < -0.3 is 5.32 Å². The van der Waals surface area contributed by atoms with E-state index in [4.69, 9.17) is 23.2 Å². The largest absolute Gasteiger partial charge is 0.326 e. The molecule has 6 nitrogen and oxygen atoms in total. The Morgan fingerprint density at radius 2 is 1.61 bits per heavy atom. The first kappa shape index (κ1) is 24.5. The topological polar surface area (TPSA) is 69.7 Å². The lowest BCUT2D eigenvalue weighted by Crippen LogP contribution is -2.40. The van der Waals surface area contributed by atoms with Crippen molar-refractivity contribution < 1.29 is 13.2 Å². The molecule has 0 aromatic heterocycles. The molecule has 0 aliphatic carbocycles. The average molecular weight is 510 g/mol. The molecule has 1 unspecified atom stereocenters. The Kier molecular flexibility index (Phi) is 7.97. The smallest absolute Gasteiger partial charge is 0.243 e. The fourth-order valence-electron chi connectivity index (χ4n) is 4.53. The van der Waals surface area contributed by atoms with Crippen molar-refractivity contribution in [3.63, 3.8) is 0 Å². The van der Waals surface area contributed by atoms with Crippen LogP contribution in [0.4, 0.5) is 5.69 Å². The van der Waals surface area contributed by atoms with E-state index in [0.717, 1.165) is 44.2 Å². The number of benzene rings is 2. The summed E-state index contributed by atoms with van der Waals surface area (Å²) in [6, 6.07) is 12.0. The van der Waals surface area contributed by atoms with Crippen LogP contribution < -0.4 is 5.32 Å². The predicted molar refractivity (Wildman–Crippen MR) is 132 cm³/mol. The SMILES string of the molecule is O=C(Nc1ccc(S(=O)(=O)N2CCCCC2)cc1)C1CCCN(Cc2c(Cl)cccc2Cl)C1. The van der Waals surface area contributed by atoms with Crippen LogP contribution >= 0.6 is 23.2 Å². The molecular formula is C24H29Cl2N3O3S. The summed E-state index contributed by atoms with van der Waals surface area (Å²) in [6.45, 7) is 3.24. The van der Waals surface area contributed by atoms with Crippen molar-refractivity contribution in [2.45, 2.75) is 43.5 Å². The molecule has 33 heavy (non-hydrogen) atoms. The maximum absolute atomic E-state index is 12.9. The molecule has 1 N–H and O–H groups in total. The number of likely N-dealkylation sites (tertiary alicyclic amines) is 1. The molecule has 0 radical (unpaired) electrons. The minimum atomic E-state index is -3.48. The fourth-order valence-corrected chi connectivity index (χ4v) is 6.56. The zero-order valence-corrected chi connectivity index (χ0v) is 20.8. The Morgan fingerprint density at radius 3 is 2.27 bits per heavy atom. The van der Waals surface area contributed by atoms with E-state index in [9.17, 15) is 13.2 Å². The molecule has 2 aliphatic heterocycles. The number of nitrogens with zero attached hydrogens (tertiary/aromatic N) is 2. The number of piperidine rings is 2. The minimum Gasteiger partial charge on any atom is -0.326 e. The highest BCUT2D eigenvalue weighted by Crippen LogP contribution is 2.28. The van der Waals surface area contributed by atoms with Crippen molar-refractivity contribution in [1.82, 2.24) is 9.21 Å². The normalized spacial score (nSPS) is 20.5. The van der Waals surface area contributed by atoms with Crippen molar-refractivity contribution in [1.29, 1.82) is 0 Å². The van der Waals surface area contributed by atoms with Crippen molar-refractivity contribution >= 4 is 44.8 Å². The van der Waals surface area contributed by atoms with Gasteiger partial charge in [-0.25, -0.2) is 8.42 Å². The van der Waals surface area contributed by atoms with Gasteiger partial charge in [0.25, 0.3) is 0 Å². The Hall–Kier alpha value is -1.64. The summed E-state index contributed by atoms with van der Waals surface area (Å²) in [5.74, 6) is -0.214. The van der Waals surface area contributed by atoms with E-state index in [1.54, 1.807) is 28.6 Å². The molecule has 178 valence electrons. The summed E-state index contributed by atoms with van der Waals surface area (Å²) in [4.78, 5) is 15.4. The summed E-state index contributed by atoms with van der Waals surface area (Å²) in [5.41, 5.74) is 1.48. The van der Waals surface area contributed by atoms with Crippen LogP contribution in [0.15, 0.2) is 47.4 Å². The van der Waals surface area contributed by atoms with E-state index in [1.165, 1.54) is 0 Å². The van der Waals surface area contributed by atoms with Crippen LogP contribution in [0, 0.1) is 5.92 Å². The molecule has 2 heterocycles. The zero-order valence-electron chi connectivity index (χ0n) is 18.5. The quantitative estimate of drug-likeness (QED) is 0.593. The first-order chi connectivity index (χ1) is 15.8. The molecule has 0 spiro atoms. The number of hydrogen-bond acceptors (Lipinski definition) is 4. The number of halogens is 2. The summed E-state index contributed by atoms with van der Waals surface area (Å²) >= 11 is 12.6. The highest BCUT2D eigenvalue weighted by Gasteiger charge is 2.28. The monoisotopic (exact) mass is 509 g/mol. The Bertz CT molecular complexity index is 1070. The van der Waals surface area contributed by atoms with Crippen molar-refractivity contribution in [2.75, 3.05) is 31.5 Å². The van der Waals surface area contributed by atoms with Crippen LogP contribution in [-0.2, 0) is 21.4 Å². The number of nitrogens with one attached hydrogen (secondary N) is 1. The third-order valence-corrected chi connectivity index (χ3v) is 9.02. The van der Waals surface area contributed by atoms with Gasteiger partial charge in [-0.1, -0.05) is 35.7 Å². The average Bonchev–Trinajstić information content (AvgIpc) is 2.83. The van der Waals surface area contributed by atoms with Gasteiger partial charge in [0, 0.05) is 47.5 Å². The van der Waals surface area contributed by atoms with E-state index in [0.29, 0.717) is 41.9 Å². The molecule has 1 atom stereocenters. The van der Waals surface area contributed by atoms with Crippen molar-refractivity contribution in [2.24, 2.45) is 5.92 Å². The molecule has 2 aromatic rings. The number of rotatable bonds is 6. The first-order valence-electron chi connectivity index (χ1n) is 11.4. The maximum Gasteiger partial charge on any atom is 0.243 e. The summed E-state index contributed by atoms with van der Waals surface area (Å²) < 4.78 is 27.2. The van der Waals surface area contributed by atoms with E-state index in [2.05, 4.69) is 10.2 Å². The van der Waals surface area contributed by atoms with Crippen LogP contribution in [0.5, 0.6) is 0 Å². The Labute approximate surface area is 205 Å². The van der Waals surface area contributed by atoms with Gasteiger partial charge >= 0.3 is 0 Å². The number of hydrogen-bond donors (Lipinski definition) is 1. The van der Waals surface area contributed by atoms with E-state index >= 15 is 0 Å². The van der Waals surface area contributed by atoms with Crippen LogP contribution in [-0.4, -0.2) is 49.7 Å². The second kappa shape index (κ2) is 10.7. The molecule has 0 saturated carbocycles. The standard InChI is InChI=1S/C24H29Cl2N3O3S/c25-22-7-4-8-23(26)21(22)17-28-13-5-6-18(16-28)24(30)27-19-9-11-20(12-10-19)33(31,32)29-14-2-1-3-15-29/h4,7-12,18H,1-3,5-6,13-17H2,(H,27,30). The van der Waals surface area contributed by atoms with Crippen molar-refractivity contribution in [3.8, 4) is 0 Å². The van der Waals surface area contributed by atoms with E-state index in [-0.39, 0.29) is 16.7 Å². The van der Waals surface area contributed by atoms with Crippen molar-refractivity contribution in [3.05, 3.63) is 58.1 Å². The summed E-state index contributed by atoms with van der Waals surface area (Å²) in [6.07, 6.45) is 4.58. The minimum absolute atomic E-state index is 0.0587.